The molecule has 4 heteroatoms. The van der Waals surface area contributed by atoms with Crippen LogP contribution in [0.15, 0.2) is 18.2 Å². The van der Waals surface area contributed by atoms with Crippen LogP contribution in [0.4, 0.5) is 0 Å². The number of nitrogens with two attached hydrogens (primary N) is 2. The van der Waals surface area contributed by atoms with E-state index < -0.39 is 0 Å². The van der Waals surface area contributed by atoms with Crippen molar-refractivity contribution in [2.45, 2.75) is 25.3 Å². The number of unbranched alkanes of at least 4 members (excludes halogenated alkanes) is 1. The van der Waals surface area contributed by atoms with Gasteiger partial charge in [0.2, 0.25) is 0 Å². The Hall–Kier alpha value is -0.770. The van der Waals surface area contributed by atoms with Crippen molar-refractivity contribution in [3.8, 4) is 5.75 Å². The first kappa shape index (κ1) is 13.3. The first-order chi connectivity index (χ1) is 7.69. The number of hydrogen-bond acceptors (Lipinski definition) is 3. The third kappa shape index (κ3) is 3.67. The summed E-state index contributed by atoms with van der Waals surface area (Å²) in [6.45, 7) is 0.708. The average molecular weight is 243 g/mol. The van der Waals surface area contributed by atoms with E-state index in [0.717, 1.165) is 30.6 Å². The van der Waals surface area contributed by atoms with Crippen molar-refractivity contribution in [1.82, 2.24) is 0 Å². The number of hydrogen-bond donors (Lipinski definition) is 2. The van der Waals surface area contributed by atoms with E-state index in [1.807, 2.05) is 12.1 Å². The molecule has 0 aliphatic rings. The van der Waals surface area contributed by atoms with Crippen LogP contribution in [0.25, 0.3) is 0 Å². The monoisotopic (exact) mass is 242 g/mol. The highest BCUT2D eigenvalue weighted by Gasteiger charge is 2.11. The van der Waals surface area contributed by atoms with E-state index in [9.17, 15) is 0 Å². The maximum Gasteiger partial charge on any atom is 0.123 e. The van der Waals surface area contributed by atoms with Crippen molar-refractivity contribution in [3.05, 3.63) is 28.8 Å². The van der Waals surface area contributed by atoms with Crippen molar-refractivity contribution in [2.75, 3.05) is 13.7 Å². The van der Waals surface area contributed by atoms with E-state index in [0.29, 0.717) is 11.6 Å². The number of rotatable bonds is 6. The second-order valence-corrected chi connectivity index (χ2v) is 4.21. The molecule has 16 heavy (non-hydrogen) atoms. The third-order valence-electron chi connectivity index (χ3n) is 2.56. The summed E-state index contributed by atoms with van der Waals surface area (Å²) in [4.78, 5) is 0. The summed E-state index contributed by atoms with van der Waals surface area (Å²) in [6.07, 6.45) is 2.91. The molecule has 0 spiro atoms. The molecule has 0 saturated carbocycles. The van der Waals surface area contributed by atoms with Crippen LogP contribution in [0.1, 0.15) is 30.9 Å². The van der Waals surface area contributed by atoms with Gasteiger partial charge in [-0.2, -0.15) is 0 Å². The summed E-state index contributed by atoms with van der Waals surface area (Å²) in [5.74, 6) is 0.796. The molecule has 3 nitrogen and oxygen atoms in total. The van der Waals surface area contributed by atoms with Crippen LogP contribution in [0, 0.1) is 0 Å². The molecule has 4 N–H and O–H groups in total. The maximum absolute atomic E-state index is 6.10. The van der Waals surface area contributed by atoms with Gasteiger partial charge in [0.25, 0.3) is 0 Å². The smallest absolute Gasteiger partial charge is 0.123 e. The minimum atomic E-state index is -0.0415. The zero-order valence-electron chi connectivity index (χ0n) is 9.58. The Balaban J connectivity index is 2.72. The molecule has 0 unspecified atom stereocenters. The topological polar surface area (TPSA) is 61.3 Å². The van der Waals surface area contributed by atoms with Crippen LogP contribution >= 0.6 is 11.6 Å². The standard InChI is InChI=1S/C12H19ClN2O/c1-16-12-6-5-9(13)8-10(12)11(15)4-2-3-7-14/h5-6,8,11H,2-4,7,14-15H2,1H3/t11-/m1/s1. The molecule has 1 atom stereocenters. The number of methoxy groups -OCH3 is 1. The molecule has 1 rings (SSSR count). The van der Waals surface area contributed by atoms with Crippen LogP contribution in [0.5, 0.6) is 5.75 Å². The lowest BCUT2D eigenvalue weighted by Gasteiger charge is -2.15. The van der Waals surface area contributed by atoms with E-state index in [-0.39, 0.29) is 6.04 Å². The van der Waals surface area contributed by atoms with Crippen LogP contribution in [-0.4, -0.2) is 13.7 Å². The highest BCUT2D eigenvalue weighted by atomic mass is 35.5. The van der Waals surface area contributed by atoms with Crippen molar-refractivity contribution in [3.63, 3.8) is 0 Å². The Kier molecular flexibility index (Phi) is 5.60. The second kappa shape index (κ2) is 6.74. The summed E-state index contributed by atoms with van der Waals surface area (Å²) < 4.78 is 5.26. The summed E-state index contributed by atoms with van der Waals surface area (Å²) in [6, 6.07) is 5.48. The van der Waals surface area contributed by atoms with Gasteiger partial charge in [0.05, 0.1) is 7.11 Å². The van der Waals surface area contributed by atoms with Crippen molar-refractivity contribution in [2.24, 2.45) is 11.5 Å². The molecular weight excluding hydrogens is 224 g/mol. The number of halogens is 1. The molecule has 90 valence electrons. The lowest BCUT2D eigenvalue weighted by atomic mass is 10.0. The molecule has 0 aliphatic carbocycles. The fourth-order valence-corrected chi connectivity index (χ4v) is 1.84. The normalized spacial score (nSPS) is 12.5. The molecule has 0 aliphatic heterocycles. The lowest BCUT2D eigenvalue weighted by Crippen LogP contribution is -2.12. The van der Waals surface area contributed by atoms with E-state index in [4.69, 9.17) is 27.8 Å². The summed E-state index contributed by atoms with van der Waals surface area (Å²) >= 11 is 5.95. The van der Waals surface area contributed by atoms with Crippen molar-refractivity contribution >= 4 is 11.6 Å². The van der Waals surface area contributed by atoms with Gasteiger partial charge in [-0.15, -0.1) is 0 Å². The first-order valence-electron chi connectivity index (χ1n) is 5.48. The zero-order chi connectivity index (χ0) is 12.0. The third-order valence-corrected chi connectivity index (χ3v) is 2.80. The molecule has 1 aromatic rings. The average Bonchev–Trinajstić information content (AvgIpc) is 2.29. The Morgan fingerprint density at radius 3 is 2.75 bits per heavy atom. The van der Waals surface area contributed by atoms with Gasteiger partial charge in [0, 0.05) is 16.6 Å². The van der Waals surface area contributed by atoms with Crippen molar-refractivity contribution in [1.29, 1.82) is 0 Å². The SMILES string of the molecule is COc1ccc(Cl)cc1[C@H](N)CCCCN. The molecule has 0 heterocycles. The largest absolute Gasteiger partial charge is 0.496 e. The predicted molar refractivity (Wildman–Crippen MR) is 67.8 cm³/mol. The van der Waals surface area contributed by atoms with Crippen molar-refractivity contribution < 1.29 is 4.74 Å². The van der Waals surface area contributed by atoms with E-state index in [1.165, 1.54) is 0 Å². The Morgan fingerprint density at radius 1 is 1.38 bits per heavy atom. The molecule has 0 aromatic heterocycles. The van der Waals surface area contributed by atoms with Gasteiger partial charge in [-0.1, -0.05) is 18.0 Å². The highest BCUT2D eigenvalue weighted by molar-refractivity contribution is 6.30. The molecule has 0 bridgehead atoms. The van der Waals surface area contributed by atoms with Gasteiger partial charge in [0.1, 0.15) is 5.75 Å². The van der Waals surface area contributed by atoms with Gasteiger partial charge in [-0.3, -0.25) is 0 Å². The van der Waals surface area contributed by atoms with E-state index >= 15 is 0 Å². The van der Waals surface area contributed by atoms with Gasteiger partial charge in [-0.05, 0) is 37.6 Å². The van der Waals surface area contributed by atoms with Gasteiger partial charge >= 0.3 is 0 Å². The van der Waals surface area contributed by atoms with Gasteiger partial charge < -0.3 is 16.2 Å². The highest BCUT2D eigenvalue weighted by Crippen LogP contribution is 2.29. The number of ether oxygens (including phenoxy) is 1. The quantitative estimate of drug-likeness (QED) is 0.754. The predicted octanol–water partition coefficient (Wildman–Crippen LogP) is 2.48. The first-order valence-corrected chi connectivity index (χ1v) is 5.86. The maximum atomic E-state index is 6.10. The molecule has 0 radical (unpaired) electrons. The van der Waals surface area contributed by atoms with Crippen LogP contribution in [0.3, 0.4) is 0 Å². The summed E-state index contributed by atoms with van der Waals surface area (Å²) in [5, 5.41) is 0.685. The van der Waals surface area contributed by atoms with Gasteiger partial charge in [0.15, 0.2) is 0 Å². The lowest BCUT2D eigenvalue weighted by molar-refractivity contribution is 0.403. The number of benzene rings is 1. The summed E-state index contributed by atoms with van der Waals surface area (Å²) in [5.41, 5.74) is 12.5. The van der Waals surface area contributed by atoms with Crippen LogP contribution in [-0.2, 0) is 0 Å². The minimum Gasteiger partial charge on any atom is -0.496 e. The van der Waals surface area contributed by atoms with E-state index in [1.54, 1.807) is 13.2 Å². The molecular formula is C12H19ClN2O. The fourth-order valence-electron chi connectivity index (χ4n) is 1.66. The van der Waals surface area contributed by atoms with Crippen LogP contribution < -0.4 is 16.2 Å². The molecule has 0 amide bonds. The molecule has 0 fully saturated rings. The Bertz CT molecular complexity index is 331. The van der Waals surface area contributed by atoms with E-state index in [2.05, 4.69) is 0 Å². The van der Waals surface area contributed by atoms with Crippen LogP contribution in [0.2, 0.25) is 5.02 Å². The summed E-state index contributed by atoms with van der Waals surface area (Å²) in [7, 11) is 1.64. The Morgan fingerprint density at radius 2 is 2.12 bits per heavy atom. The fraction of sp³-hybridized carbons (Fsp3) is 0.500. The molecule has 0 saturated heterocycles. The zero-order valence-corrected chi connectivity index (χ0v) is 10.3. The molecule has 1 aromatic carbocycles. The minimum absolute atomic E-state index is 0.0415. The van der Waals surface area contributed by atoms with Gasteiger partial charge in [-0.25, -0.2) is 0 Å². The second-order valence-electron chi connectivity index (χ2n) is 3.78. The Labute approximate surface area is 102 Å².